The van der Waals surface area contributed by atoms with E-state index in [1.54, 1.807) is 0 Å². The van der Waals surface area contributed by atoms with Crippen molar-refractivity contribution in [3.63, 3.8) is 0 Å². The van der Waals surface area contributed by atoms with Crippen molar-refractivity contribution in [2.24, 2.45) is 5.92 Å². The van der Waals surface area contributed by atoms with Crippen LogP contribution in [0.15, 0.2) is 0 Å². The summed E-state index contributed by atoms with van der Waals surface area (Å²) in [4.78, 5) is 14.4. The molecule has 0 spiro atoms. The number of carbonyl (C=O) groups excluding carboxylic acids is 1. The third kappa shape index (κ3) is 2.66. The van der Waals surface area contributed by atoms with Crippen molar-refractivity contribution >= 4 is 17.7 Å². The average Bonchev–Trinajstić information content (AvgIpc) is 3.13. The van der Waals surface area contributed by atoms with Crippen LogP contribution in [0.2, 0.25) is 0 Å². The number of nitrogens with one attached hydrogen (secondary N) is 1. The first kappa shape index (κ1) is 13.7. The second-order valence-electron chi connectivity index (χ2n) is 6.49. The van der Waals surface area contributed by atoms with Gasteiger partial charge in [-0.25, -0.2) is 0 Å². The molecule has 19 heavy (non-hydrogen) atoms. The van der Waals surface area contributed by atoms with E-state index in [9.17, 15) is 4.79 Å². The van der Waals surface area contributed by atoms with Crippen LogP contribution in [0.3, 0.4) is 0 Å². The fraction of sp³-hybridized carbons (Fsp3) is 0.933. The highest BCUT2D eigenvalue weighted by atomic mass is 32.2. The average molecular weight is 282 g/mol. The van der Waals surface area contributed by atoms with E-state index in [2.05, 4.69) is 16.5 Å². The van der Waals surface area contributed by atoms with Crippen LogP contribution in [0, 0.1) is 5.92 Å². The molecule has 0 aromatic carbocycles. The summed E-state index contributed by atoms with van der Waals surface area (Å²) >= 11 is 1.99. The predicted molar refractivity (Wildman–Crippen MR) is 80.2 cm³/mol. The van der Waals surface area contributed by atoms with Crippen molar-refractivity contribution in [2.75, 3.05) is 19.3 Å². The molecule has 1 atom stereocenters. The Balaban J connectivity index is 1.71. The van der Waals surface area contributed by atoms with Gasteiger partial charge in [-0.05, 0) is 37.9 Å². The molecule has 0 aromatic heterocycles. The SMILES string of the molecule is CSC1(CN2C(=O)CNC2C2CCCC2)CCCC1. The lowest BCUT2D eigenvalue weighted by Crippen LogP contribution is -2.48. The predicted octanol–water partition coefficient (Wildman–Crippen LogP) is 2.61. The topological polar surface area (TPSA) is 32.3 Å². The first-order valence-corrected chi connectivity index (χ1v) is 9.05. The second-order valence-corrected chi connectivity index (χ2v) is 7.76. The van der Waals surface area contributed by atoms with Crippen molar-refractivity contribution < 1.29 is 4.79 Å². The lowest BCUT2D eigenvalue weighted by molar-refractivity contribution is -0.129. The Hall–Kier alpha value is -0.220. The molecule has 3 fully saturated rings. The smallest absolute Gasteiger partial charge is 0.237 e. The Kier molecular flexibility index (Phi) is 4.08. The molecule has 1 heterocycles. The van der Waals surface area contributed by atoms with Gasteiger partial charge in [-0.15, -0.1) is 0 Å². The van der Waals surface area contributed by atoms with E-state index < -0.39 is 0 Å². The van der Waals surface area contributed by atoms with E-state index in [4.69, 9.17) is 0 Å². The first-order chi connectivity index (χ1) is 9.24. The summed E-state index contributed by atoms with van der Waals surface area (Å²) in [6.07, 6.45) is 13.1. The van der Waals surface area contributed by atoms with Gasteiger partial charge >= 0.3 is 0 Å². The van der Waals surface area contributed by atoms with Crippen LogP contribution in [-0.2, 0) is 4.79 Å². The lowest BCUT2D eigenvalue weighted by atomic mass is 10.0. The maximum absolute atomic E-state index is 12.2. The maximum Gasteiger partial charge on any atom is 0.237 e. The third-order valence-corrected chi connectivity index (χ3v) is 6.77. The summed E-state index contributed by atoms with van der Waals surface area (Å²) in [5, 5.41) is 3.48. The summed E-state index contributed by atoms with van der Waals surface area (Å²) in [5.41, 5.74) is 0. The Labute approximate surface area is 120 Å². The summed E-state index contributed by atoms with van der Waals surface area (Å²) < 4.78 is 0.346. The number of rotatable bonds is 4. The van der Waals surface area contributed by atoms with E-state index in [0.29, 0.717) is 29.3 Å². The van der Waals surface area contributed by atoms with Gasteiger partial charge in [0.05, 0.1) is 12.7 Å². The van der Waals surface area contributed by atoms with Crippen molar-refractivity contribution in [3.8, 4) is 0 Å². The Morgan fingerprint density at radius 3 is 2.58 bits per heavy atom. The van der Waals surface area contributed by atoms with Crippen LogP contribution in [0.25, 0.3) is 0 Å². The van der Waals surface area contributed by atoms with Gasteiger partial charge in [-0.2, -0.15) is 11.8 Å². The minimum Gasteiger partial charge on any atom is -0.324 e. The molecular weight excluding hydrogens is 256 g/mol. The molecule has 2 aliphatic carbocycles. The summed E-state index contributed by atoms with van der Waals surface area (Å²) in [5.74, 6) is 1.03. The molecule has 0 bridgehead atoms. The molecule has 4 heteroatoms. The molecule has 0 radical (unpaired) electrons. The summed E-state index contributed by atoms with van der Waals surface area (Å²) in [6, 6.07) is 0. The highest BCUT2D eigenvalue weighted by molar-refractivity contribution is 8.00. The van der Waals surface area contributed by atoms with Crippen LogP contribution in [-0.4, -0.2) is 41.1 Å². The van der Waals surface area contributed by atoms with Crippen LogP contribution in [0.5, 0.6) is 0 Å². The van der Waals surface area contributed by atoms with E-state index in [0.717, 1.165) is 6.54 Å². The number of hydrogen-bond acceptors (Lipinski definition) is 3. The third-order valence-electron chi connectivity index (χ3n) is 5.37. The molecule has 1 unspecified atom stereocenters. The number of thioether (sulfide) groups is 1. The van der Waals surface area contributed by atoms with E-state index >= 15 is 0 Å². The zero-order valence-corrected chi connectivity index (χ0v) is 12.8. The van der Waals surface area contributed by atoms with Gasteiger partial charge in [0.2, 0.25) is 5.91 Å². The second kappa shape index (κ2) is 5.65. The van der Waals surface area contributed by atoms with Gasteiger partial charge < -0.3 is 4.90 Å². The minimum absolute atomic E-state index is 0.331. The molecule has 0 aromatic rings. The normalized spacial score (nSPS) is 31.5. The zero-order chi connectivity index (χ0) is 13.3. The molecule has 1 N–H and O–H groups in total. The molecule has 2 saturated carbocycles. The quantitative estimate of drug-likeness (QED) is 0.860. The van der Waals surface area contributed by atoms with Gasteiger partial charge in [-0.1, -0.05) is 25.7 Å². The van der Waals surface area contributed by atoms with Crippen molar-refractivity contribution in [1.82, 2.24) is 10.2 Å². The van der Waals surface area contributed by atoms with Crippen LogP contribution < -0.4 is 5.32 Å². The standard InChI is InChI=1S/C15H26N2OS/c1-19-15(8-4-5-9-15)11-17-13(18)10-16-14(17)12-6-2-3-7-12/h12,14,16H,2-11H2,1H3. The van der Waals surface area contributed by atoms with Crippen molar-refractivity contribution in [3.05, 3.63) is 0 Å². The van der Waals surface area contributed by atoms with Crippen LogP contribution >= 0.6 is 11.8 Å². The number of nitrogens with zero attached hydrogens (tertiary/aromatic N) is 1. The molecule has 3 nitrogen and oxygen atoms in total. The Morgan fingerprint density at radius 2 is 1.95 bits per heavy atom. The molecule has 3 rings (SSSR count). The summed E-state index contributed by atoms with van der Waals surface area (Å²) in [7, 11) is 0. The van der Waals surface area contributed by atoms with Gasteiger partial charge in [0.25, 0.3) is 0 Å². The van der Waals surface area contributed by atoms with E-state index in [1.807, 2.05) is 11.8 Å². The fourth-order valence-electron chi connectivity index (χ4n) is 4.20. The van der Waals surface area contributed by atoms with E-state index in [-0.39, 0.29) is 0 Å². The number of carbonyl (C=O) groups is 1. The van der Waals surface area contributed by atoms with Gasteiger partial charge in [0.1, 0.15) is 0 Å². The van der Waals surface area contributed by atoms with Crippen LogP contribution in [0.1, 0.15) is 51.4 Å². The zero-order valence-electron chi connectivity index (χ0n) is 12.0. The first-order valence-electron chi connectivity index (χ1n) is 7.82. The molecule has 1 saturated heterocycles. The molecule has 3 aliphatic rings. The van der Waals surface area contributed by atoms with Crippen molar-refractivity contribution in [1.29, 1.82) is 0 Å². The minimum atomic E-state index is 0.331. The molecule has 1 aliphatic heterocycles. The molecule has 1 amide bonds. The highest BCUT2D eigenvalue weighted by Crippen LogP contribution is 2.42. The lowest BCUT2D eigenvalue weighted by Gasteiger charge is -2.37. The van der Waals surface area contributed by atoms with Crippen LogP contribution in [0.4, 0.5) is 0 Å². The van der Waals surface area contributed by atoms with Crippen molar-refractivity contribution in [2.45, 2.75) is 62.3 Å². The Bertz CT molecular complexity index is 335. The molecule has 108 valence electrons. The maximum atomic E-state index is 12.2. The van der Waals surface area contributed by atoms with Gasteiger partial charge in [-0.3, -0.25) is 10.1 Å². The fourth-order valence-corrected chi connectivity index (χ4v) is 5.16. The monoisotopic (exact) mass is 282 g/mol. The molecular formula is C15H26N2OS. The number of amides is 1. The largest absolute Gasteiger partial charge is 0.324 e. The Morgan fingerprint density at radius 1 is 1.26 bits per heavy atom. The summed E-state index contributed by atoms with van der Waals surface area (Å²) in [6.45, 7) is 1.53. The van der Waals surface area contributed by atoms with E-state index in [1.165, 1.54) is 51.4 Å². The number of hydrogen-bond donors (Lipinski definition) is 1. The highest BCUT2D eigenvalue weighted by Gasteiger charge is 2.43. The van der Waals surface area contributed by atoms with Gasteiger partial charge in [0, 0.05) is 11.3 Å². The van der Waals surface area contributed by atoms with Gasteiger partial charge in [0.15, 0.2) is 0 Å².